The van der Waals surface area contributed by atoms with Gasteiger partial charge in [0, 0.05) is 11.3 Å². The Bertz CT molecular complexity index is 236. The van der Waals surface area contributed by atoms with Crippen molar-refractivity contribution in [1.29, 1.82) is 0 Å². The van der Waals surface area contributed by atoms with E-state index >= 15 is 0 Å². The van der Waals surface area contributed by atoms with Crippen molar-refractivity contribution in [3.8, 4) is 0 Å². The van der Waals surface area contributed by atoms with E-state index in [1.807, 2.05) is 34.0 Å². The molecule has 3 atom stereocenters. The third-order valence-electron chi connectivity index (χ3n) is 2.31. The number of esters is 1. The fraction of sp³-hybridized carbons (Fsp3) is 0.917. The Morgan fingerprint density at radius 3 is 2.29 bits per heavy atom. The largest absolute Gasteiger partial charge is 0.459 e. The van der Waals surface area contributed by atoms with Crippen LogP contribution in [0.25, 0.3) is 0 Å². The van der Waals surface area contributed by atoms with Crippen LogP contribution in [-0.4, -0.2) is 46.9 Å². The Hall–Kier alpha value is -0.260. The second kappa shape index (κ2) is 7.24. The van der Waals surface area contributed by atoms with E-state index in [-0.39, 0.29) is 29.9 Å². The maximum absolute atomic E-state index is 11.7. The zero-order valence-electron chi connectivity index (χ0n) is 11.6. The summed E-state index contributed by atoms with van der Waals surface area (Å²) in [6.07, 6.45) is 1.94. The Morgan fingerprint density at radius 2 is 1.94 bits per heavy atom. The van der Waals surface area contributed by atoms with E-state index in [2.05, 4.69) is 5.32 Å². The molecule has 0 aromatic rings. The smallest absolute Gasteiger partial charge is 0.323 e. The average molecular weight is 263 g/mol. The van der Waals surface area contributed by atoms with Crippen LogP contribution in [0.2, 0.25) is 0 Å². The number of aliphatic hydroxyl groups excluding tert-OH is 1. The van der Waals surface area contributed by atoms with Crippen LogP contribution in [0, 0.1) is 0 Å². The normalized spacial score (nSPS) is 17.4. The highest BCUT2D eigenvalue weighted by Gasteiger charge is 2.24. The van der Waals surface area contributed by atoms with Crippen LogP contribution < -0.4 is 5.32 Å². The van der Waals surface area contributed by atoms with Crippen LogP contribution in [0.15, 0.2) is 0 Å². The molecule has 0 aliphatic heterocycles. The first-order valence-corrected chi connectivity index (χ1v) is 7.12. The topological polar surface area (TPSA) is 58.6 Å². The lowest BCUT2D eigenvalue weighted by molar-refractivity contribution is -0.157. The van der Waals surface area contributed by atoms with E-state index < -0.39 is 5.60 Å². The highest BCUT2D eigenvalue weighted by molar-refractivity contribution is 7.99. The van der Waals surface area contributed by atoms with Gasteiger partial charge in [0.2, 0.25) is 0 Å². The number of hydrogen-bond acceptors (Lipinski definition) is 5. The molecule has 0 saturated carbocycles. The Morgan fingerprint density at radius 1 is 1.41 bits per heavy atom. The molecular formula is C12H25NO3S. The summed E-state index contributed by atoms with van der Waals surface area (Å²) in [5, 5.41) is 12.4. The van der Waals surface area contributed by atoms with Crippen molar-refractivity contribution >= 4 is 17.7 Å². The van der Waals surface area contributed by atoms with Gasteiger partial charge in [0.15, 0.2) is 0 Å². The van der Waals surface area contributed by atoms with Crippen molar-refractivity contribution in [2.75, 3.05) is 12.9 Å². The molecule has 0 bridgehead atoms. The zero-order valence-corrected chi connectivity index (χ0v) is 12.4. The lowest BCUT2D eigenvalue weighted by Gasteiger charge is -2.27. The monoisotopic (exact) mass is 263 g/mol. The molecule has 0 heterocycles. The number of aliphatic hydroxyl groups is 1. The van der Waals surface area contributed by atoms with E-state index in [0.717, 1.165) is 0 Å². The summed E-state index contributed by atoms with van der Waals surface area (Å²) in [6, 6.07) is -0.317. The van der Waals surface area contributed by atoms with Gasteiger partial charge in [-0.2, -0.15) is 11.8 Å². The predicted molar refractivity (Wildman–Crippen MR) is 72.3 cm³/mol. The third-order valence-corrected chi connectivity index (χ3v) is 3.48. The molecule has 102 valence electrons. The molecule has 3 unspecified atom stereocenters. The van der Waals surface area contributed by atoms with Crippen molar-refractivity contribution in [2.24, 2.45) is 0 Å². The molecule has 0 aliphatic carbocycles. The molecule has 0 spiro atoms. The molecule has 17 heavy (non-hydrogen) atoms. The van der Waals surface area contributed by atoms with Crippen molar-refractivity contribution in [2.45, 2.75) is 57.6 Å². The maximum Gasteiger partial charge on any atom is 0.323 e. The maximum atomic E-state index is 11.7. The summed E-state index contributed by atoms with van der Waals surface area (Å²) >= 11 is 1.58. The number of ether oxygens (including phenoxy) is 1. The second-order valence-corrected chi connectivity index (χ2v) is 6.24. The zero-order chi connectivity index (χ0) is 13.6. The van der Waals surface area contributed by atoms with Crippen LogP contribution in [0.3, 0.4) is 0 Å². The van der Waals surface area contributed by atoms with Gasteiger partial charge in [-0.25, -0.2) is 0 Å². The fourth-order valence-electron chi connectivity index (χ4n) is 1.40. The number of carbonyl (C=O) groups is 1. The molecule has 0 radical (unpaired) electrons. The van der Waals surface area contributed by atoms with Gasteiger partial charge in [-0.15, -0.1) is 0 Å². The van der Waals surface area contributed by atoms with Crippen LogP contribution in [0.4, 0.5) is 0 Å². The third kappa shape index (κ3) is 6.91. The molecule has 0 aliphatic rings. The van der Waals surface area contributed by atoms with Crippen LogP contribution in [0.1, 0.15) is 34.6 Å². The molecule has 0 saturated heterocycles. The van der Waals surface area contributed by atoms with Gasteiger partial charge in [-0.05, 0) is 40.9 Å². The van der Waals surface area contributed by atoms with Gasteiger partial charge >= 0.3 is 5.97 Å². The van der Waals surface area contributed by atoms with Crippen LogP contribution in [0.5, 0.6) is 0 Å². The molecular weight excluding hydrogens is 238 g/mol. The van der Waals surface area contributed by atoms with Crippen LogP contribution >= 0.6 is 11.8 Å². The highest BCUT2D eigenvalue weighted by Crippen LogP contribution is 2.12. The minimum absolute atomic E-state index is 0.0533. The Labute approximate surface area is 108 Å². The second-order valence-electron chi connectivity index (χ2n) is 5.17. The van der Waals surface area contributed by atoms with E-state index in [1.54, 1.807) is 18.7 Å². The van der Waals surface area contributed by atoms with Gasteiger partial charge < -0.3 is 15.2 Å². The molecule has 4 nitrogen and oxygen atoms in total. The number of thioether (sulfide) groups is 1. The lowest BCUT2D eigenvalue weighted by Crippen LogP contribution is -2.47. The predicted octanol–water partition coefficient (Wildman–Crippen LogP) is 1.42. The van der Waals surface area contributed by atoms with Gasteiger partial charge in [-0.3, -0.25) is 4.79 Å². The molecule has 0 aromatic carbocycles. The molecule has 0 rings (SSSR count). The fourth-order valence-corrected chi connectivity index (χ4v) is 2.03. The minimum atomic E-state index is -0.466. The average Bonchev–Trinajstić information content (AvgIpc) is 2.16. The van der Waals surface area contributed by atoms with Crippen molar-refractivity contribution in [3.63, 3.8) is 0 Å². The van der Waals surface area contributed by atoms with Gasteiger partial charge in [0.05, 0.1) is 6.61 Å². The van der Waals surface area contributed by atoms with E-state index in [4.69, 9.17) is 9.84 Å². The summed E-state index contributed by atoms with van der Waals surface area (Å²) in [5.74, 6) is -0.262. The van der Waals surface area contributed by atoms with E-state index in [9.17, 15) is 4.79 Å². The van der Waals surface area contributed by atoms with Gasteiger partial charge in [0.25, 0.3) is 0 Å². The first-order chi connectivity index (χ1) is 7.71. The summed E-state index contributed by atoms with van der Waals surface area (Å²) in [5.41, 5.74) is -0.466. The quantitative estimate of drug-likeness (QED) is 0.710. The standard InChI is InChI=1S/C12H25NO3S/c1-8(10(7-14)17-6)13-9(2)11(15)16-12(3,4)5/h8-10,13-14H,7H2,1-6H3. The first-order valence-electron chi connectivity index (χ1n) is 5.83. The first kappa shape index (κ1) is 16.7. The SMILES string of the molecule is CSC(CO)C(C)NC(C)C(=O)OC(C)(C)C. The number of hydrogen-bond donors (Lipinski definition) is 2. The molecule has 0 aromatic heterocycles. The Balaban J connectivity index is 4.24. The van der Waals surface area contributed by atoms with Gasteiger partial charge in [0.1, 0.15) is 11.6 Å². The highest BCUT2D eigenvalue weighted by atomic mass is 32.2. The van der Waals surface area contributed by atoms with Crippen molar-refractivity contribution in [1.82, 2.24) is 5.32 Å². The summed E-state index contributed by atoms with van der Waals surface area (Å²) in [4.78, 5) is 11.7. The minimum Gasteiger partial charge on any atom is -0.459 e. The van der Waals surface area contributed by atoms with E-state index in [1.165, 1.54) is 0 Å². The summed E-state index contributed by atoms with van der Waals surface area (Å²) in [7, 11) is 0. The molecule has 0 fully saturated rings. The van der Waals surface area contributed by atoms with Crippen molar-refractivity contribution < 1.29 is 14.6 Å². The Kier molecular flexibility index (Phi) is 7.13. The number of nitrogens with one attached hydrogen (secondary N) is 1. The number of rotatable bonds is 6. The summed E-state index contributed by atoms with van der Waals surface area (Å²) in [6.45, 7) is 9.37. The van der Waals surface area contributed by atoms with Crippen molar-refractivity contribution in [3.05, 3.63) is 0 Å². The molecule has 2 N–H and O–H groups in total. The number of carbonyl (C=O) groups excluding carboxylic acids is 1. The summed E-state index contributed by atoms with van der Waals surface area (Å²) < 4.78 is 5.28. The van der Waals surface area contributed by atoms with E-state index in [0.29, 0.717) is 0 Å². The molecule has 0 amide bonds. The molecule has 5 heteroatoms. The lowest BCUT2D eigenvalue weighted by atomic mass is 10.1. The van der Waals surface area contributed by atoms with Gasteiger partial charge in [-0.1, -0.05) is 0 Å². The van der Waals surface area contributed by atoms with Crippen LogP contribution in [-0.2, 0) is 9.53 Å².